The van der Waals surface area contributed by atoms with Crippen LogP contribution in [0.25, 0.3) is 32.3 Å². The summed E-state index contributed by atoms with van der Waals surface area (Å²) in [6.07, 6.45) is 0. The maximum atomic E-state index is 7.74. The Labute approximate surface area is 133 Å². The van der Waals surface area contributed by atoms with Gasteiger partial charge in [-0.2, -0.15) is 0 Å². The van der Waals surface area contributed by atoms with Gasteiger partial charge in [-0.3, -0.25) is 0 Å². The molecule has 0 aromatic heterocycles. The second kappa shape index (κ2) is 6.54. The standard InChI is InChI=1S/C16H10.B2H4O5/c1-3-11-7-9-13-5-2-6-14-10-8-12(4-1)15(11)16(13)14;3-1(4)7-2(5)6/h1-10H;3-6H. The monoisotopic (exact) mass is 308 g/mol. The molecule has 0 aliphatic carbocycles. The van der Waals surface area contributed by atoms with Crippen molar-refractivity contribution in [3.8, 4) is 0 Å². The summed E-state index contributed by atoms with van der Waals surface area (Å²) in [6.45, 7) is 0. The molecule has 0 unspecified atom stereocenters. The van der Waals surface area contributed by atoms with E-state index in [0.29, 0.717) is 0 Å². The second-order valence-electron chi connectivity index (χ2n) is 5.08. The van der Waals surface area contributed by atoms with Crippen LogP contribution in [-0.4, -0.2) is 34.7 Å². The molecule has 0 aliphatic heterocycles. The van der Waals surface area contributed by atoms with Crippen LogP contribution in [0.1, 0.15) is 0 Å². The summed E-state index contributed by atoms with van der Waals surface area (Å²) >= 11 is 0. The summed E-state index contributed by atoms with van der Waals surface area (Å²) in [7, 11) is -4.25. The van der Waals surface area contributed by atoms with E-state index in [1.165, 1.54) is 32.3 Å². The van der Waals surface area contributed by atoms with Crippen LogP contribution in [0.15, 0.2) is 60.7 Å². The SMILES string of the molecule is OB(O)OB(O)O.c1cc2ccc3cccc4ccc(c1)c2c34. The summed E-state index contributed by atoms with van der Waals surface area (Å²) in [4.78, 5) is 0. The van der Waals surface area contributed by atoms with Gasteiger partial charge in [0.05, 0.1) is 0 Å². The predicted octanol–water partition coefficient (Wildman–Crippen LogP) is 1.53. The van der Waals surface area contributed by atoms with Crippen molar-refractivity contribution in [2.75, 3.05) is 0 Å². The molecule has 0 aliphatic rings. The van der Waals surface area contributed by atoms with E-state index in [2.05, 4.69) is 65.2 Å². The molecule has 0 amide bonds. The van der Waals surface area contributed by atoms with Crippen molar-refractivity contribution >= 4 is 47.0 Å². The molecular weight excluding hydrogens is 294 g/mol. The molecule has 0 heterocycles. The normalized spacial score (nSPS) is 10.8. The highest BCUT2D eigenvalue weighted by molar-refractivity contribution is 6.48. The first-order chi connectivity index (χ1) is 11.1. The van der Waals surface area contributed by atoms with E-state index in [0.717, 1.165) is 0 Å². The highest BCUT2D eigenvalue weighted by atomic mass is 16.7. The topological polar surface area (TPSA) is 90.2 Å². The molecule has 0 atom stereocenters. The van der Waals surface area contributed by atoms with Crippen LogP contribution in [0, 0.1) is 0 Å². The van der Waals surface area contributed by atoms with Crippen LogP contribution >= 0.6 is 0 Å². The van der Waals surface area contributed by atoms with Gasteiger partial charge in [0.1, 0.15) is 0 Å². The van der Waals surface area contributed by atoms with Crippen LogP contribution in [-0.2, 0) is 4.57 Å². The summed E-state index contributed by atoms with van der Waals surface area (Å²) < 4.78 is 3.47. The summed E-state index contributed by atoms with van der Waals surface area (Å²) in [5.41, 5.74) is 0. The minimum Gasteiger partial charge on any atom is -0.402 e. The molecule has 4 aromatic rings. The van der Waals surface area contributed by atoms with Crippen LogP contribution in [0.2, 0.25) is 0 Å². The number of hydrogen-bond acceptors (Lipinski definition) is 5. The molecule has 23 heavy (non-hydrogen) atoms. The Kier molecular flexibility index (Phi) is 4.47. The maximum Gasteiger partial charge on any atom is 0.621 e. The highest BCUT2D eigenvalue weighted by Gasteiger charge is 2.18. The van der Waals surface area contributed by atoms with E-state index < -0.39 is 14.6 Å². The largest absolute Gasteiger partial charge is 0.621 e. The van der Waals surface area contributed by atoms with Crippen molar-refractivity contribution in [3.05, 3.63) is 60.7 Å². The maximum absolute atomic E-state index is 7.74. The van der Waals surface area contributed by atoms with Gasteiger partial charge in [-0.15, -0.1) is 0 Å². The second-order valence-corrected chi connectivity index (χ2v) is 5.08. The van der Waals surface area contributed by atoms with Crippen molar-refractivity contribution < 1.29 is 24.7 Å². The van der Waals surface area contributed by atoms with Gasteiger partial charge in [0.25, 0.3) is 0 Å². The van der Waals surface area contributed by atoms with Gasteiger partial charge in [-0.25, -0.2) is 0 Å². The van der Waals surface area contributed by atoms with Crippen molar-refractivity contribution in [1.29, 1.82) is 0 Å². The average Bonchev–Trinajstić information content (AvgIpc) is 2.52. The van der Waals surface area contributed by atoms with E-state index in [1.807, 2.05) is 0 Å². The summed E-state index contributed by atoms with van der Waals surface area (Å²) in [5.74, 6) is 0. The van der Waals surface area contributed by atoms with Crippen molar-refractivity contribution in [1.82, 2.24) is 0 Å². The van der Waals surface area contributed by atoms with E-state index in [-0.39, 0.29) is 0 Å². The molecule has 0 radical (unpaired) electrons. The smallest absolute Gasteiger partial charge is 0.402 e. The third-order valence-corrected chi connectivity index (χ3v) is 3.64. The zero-order valence-electron chi connectivity index (χ0n) is 12.1. The molecule has 0 fully saturated rings. The molecule has 0 spiro atoms. The average molecular weight is 308 g/mol. The minimum atomic E-state index is -2.13. The molecule has 4 rings (SSSR count). The van der Waals surface area contributed by atoms with Gasteiger partial charge in [-0.05, 0) is 32.3 Å². The lowest BCUT2D eigenvalue weighted by Gasteiger charge is -2.09. The van der Waals surface area contributed by atoms with Gasteiger partial charge in [0, 0.05) is 0 Å². The molecule has 5 nitrogen and oxygen atoms in total. The highest BCUT2D eigenvalue weighted by Crippen LogP contribution is 2.33. The Morgan fingerprint density at radius 2 is 0.826 bits per heavy atom. The fraction of sp³-hybridized carbons (Fsp3) is 0. The van der Waals surface area contributed by atoms with Crippen LogP contribution in [0.4, 0.5) is 0 Å². The Hall–Kier alpha value is -2.15. The molecular formula is C16H14B2O5. The first-order valence-corrected chi connectivity index (χ1v) is 7.06. The third-order valence-electron chi connectivity index (χ3n) is 3.64. The number of benzene rings is 4. The van der Waals surface area contributed by atoms with Crippen LogP contribution in [0.5, 0.6) is 0 Å². The van der Waals surface area contributed by atoms with Crippen LogP contribution < -0.4 is 0 Å². The van der Waals surface area contributed by atoms with E-state index in [1.54, 1.807) is 0 Å². The molecule has 114 valence electrons. The van der Waals surface area contributed by atoms with Gasteiger partial charge < -0.3 is 24.7 Å². The van der Waals surface area contributed by atoms with E-state index in [4.69, 9.17) is 20.1 Å². The first kappa shape index (κ1) is 15.7. The van der Waals surface area contributed by atoms with Gasteiger partial charge in [0.15, 0.2) is 0 Å². The fourth-order valence-electron chi connectivity index (χ4n) is 2.78. The Balaban J connectivity index is 0.000000193. The van der Waals surface area contributed by atoms with Crippen molar-refractivity contribution in [2.45, 2.75) is 0 Å². The number of hydrogen-bond donors (Lipinski definition) is 4. The zero-order chi connectivity index (χ0) is 16.4. The quantitative estimate of drug-likeness (QED) is 0.333. The summed E-state index contributed by atoms with van der Waals surface area (Å²) in [5, 5.41) is 39.1. The van der Waals surface area contributed by atoms with E-state index >= 15 is 0 Å². The van der Waals surface area contributed by atoms with Gasteiger partial charge in [-0.1, -0.05) is 60.7 Å². The van der Waals surface area contributed by atoms with Gasteiger partial charge in [0.2, 0.25) is 0 Å². The number of rotatable bonds is 2. The zero-order valence-corrected chi connectivity index (χ0v) is 12.1. The van der Waals surface area contributed by atoms with Gasteiger partial charge >= 0.3 is 14.6 Å². The molecule has 7 heteroatoms. The van der Waals surface area contributed by atoms with E-state index in [9.17, 15) is 0 Å². The molecule has 0 bridgehead atoms. The lowest BCUT2D eigenvalue weighted by Crippen LogP contribution is -2.28. The Morgan fingerprint density at radius 3 is 1.04 bits per heavy atom. The molecule has 0 saturated carbocycles. The Bertz CT molecular complexity index is 790. The fourth-order valence-corrected chi connectivity index (χ4v) is 2.78. The first-order valence-electron chi connectivity index (χ1n) is 7.06. The lowest BCUT2D eigenvalue weighted by molar-refractivity contribution is 0.213. The third kappa shape index (κ3) is 3.29. The molecule has 4 N–H and O–H groups in total. The lowest BCUT2D eigenvalue weighted by atomic mass is 9.95. The van der Waals surface area contributed by atoms with Crippen LogP contribution in [0.3, 0.4) is 0 Å². The molecule has 4 aromatic carbocycles. The Morgan fingerprint density at radius 1 is 0.522 bits per heavy atom. The predicted molar refractivity (Wildman–Crippen MR) is 91.6 cm³/mol. The summed E-state index contributed by atoms with van der Waals surface area (Å²) in [6, 6.07) is 21.9. The van der Waals surface area contributed by atoms with Crippen molar-refractivity contribution in [3.63, 3.8) is 0 Å². The minimum absolute atomic E-state index is 1.34. The van der Waals surface area contributed by atoms with Crippen molar-refractivity contribution in [2.24, 2.45) is 0 Å². The molecule has 0 saturated heterocycles.